The molecule has 0 unspecified atom stereocenters. The Labute approximate surface area is 186 Å². The van der Waals surface area contributed by atoms with Gasteiger partial charge in [-0.25, -0.2) is 0 Å². The molecule has 0 radical (unpaired) electrons. The van der Waals surface area contributed by atoms with Gasteiger partial charge in [-0.3, -0.25) is 9.59 Å². The van der Waals surface area contributed by atoms with E-state index in [1.165, 1.54) is 24.5 Å². The quantitative estimate of drug-likeness (QED) is 0.347. The van der Waals surface area contributed by atoms with Crippen LogP contribution >= 0.6 is 0 Å². The van der Waals surface area contributed by atoms with Gasteiger partial charge in [0.25, 0.3) is 5.91 Å². The lowest BCUT2D eigenvalue weighted by molar-refractivity contribution is -0.137. The maximum absolute atomic E-state index is 13.6. The number of amides is 2. The summed E-state index contributed by atoms with van der Waals surface area (Å²) >= 11 is 0. The van der Waals surface area contributed by atoms with Gasteiger partial charge in [0, 0.05) is 22.4 Å². The molecule has 3 N–H and O–H groups in total. The summed E-state index contributed by atoms with van der Waals surface area (Å²) in [5.41, 5.74) is -0.800. The summed E-state index contributed by atoms with van der Waals surface area (Å²) in [6.45, 7) is -0.385. The fraction of sp³-hybridized carbons (Fsp3) is 0.0833. The summed E-state index contributed by atoms with van der Waals surface area (Å²) in [6, 6.07) is 19.0. The Hall–Kier alpha value is -4.27. The number of hydrogen-bond acceptors (Lipinski definition) is 4. The van der Waals surface area contributed by atoms with Crippen LogP contribution in [0.3, 0.4) is 0 Å². The average molecular weight is 453 g/mol. The zero-order chi connectivity index (χ0) is 23.4. The van der Waals surface area contributed by atoms with Crippen molar-refractivity contribution < 1.29 is 27.2 Å². The predicted molar refractivity (Wildman–Crippen MR) is 119 cm³/mol. The van der Waals surface area contributed by atoms with Crippen LogP contribution in [0.25, 0.3) is 10.8 Å². The largest absolute Gasteiger partial charge is 0.459 e. The highest BCUT2D eigenvalue weighted by Crippen LogP contribution is 2.36. The van der Waals surface area contributed by atoms with Crippen molar-refractivity contribution in [3.8, 4) is 0 Å². The molecule has 0 fully saturated rings. The molecular weight excluding hydrogens is 435 g/mol. The third kappa shape index (κ3) is 5.15. The van der Waals surface area contributed by atoms with E-state index < -0.39 is 23.6 Å². The monoisotopic (exact) mass is 453 g/mol. The first-order chi connectivity index (χ1) is 15.8. The van der Waals surface area contributed by atoms with E-state index in [1.54, 1.807) is 12.1 Å². The highest BCUT2D eigenvalue weighted by Gasteiger charge is 2.34. The normalized spacial score (nSPS) is 11.2. The topological polar surface area (TPSA) is 83.4 Å². The molecule has 4 rings (SSSR count). The number of halogens is 3. The SMILES string of the molecule is O=C(CNc1ccc(NC(=O)c2ccco2)cc1C(F)(F)F)Nc1cccc2ccccc12. The van der Waals surface area contributed by atoms with Crippen molar-refractivity contribution >= 4 is 39.6 Å². The number of benzene rings is 3. The maximum Gasteiger partial charge on any atom is 0.418 e. The van der Waals surface area contributed by atoms with Gasteiger partial charge in [-0.15, -0.1) is 0 Å². The minimum Gasteiger partial charge on any atom is -0.459 e. The molecule has 168 valence electrons. The third-order valence-electron chi connectivity index (χ3n) is 4.83. The number of anilines is 3. The first-order valence-electron chi connectivity index (χ1n) is 9.89. The van der Waals surface area contributed by atoms with E-state index in [2.05, 4.69) is 16.0 Å². The standard InChI is InChI=1S/C24H18F3N3O3/c25-24(26,27)18-13-16(29-23(32)21-9-4-12-33-21)10-11-20(18)28-14-22(31)30-19-8-3-6-15-5-1-2-7-17(15)19/h1-13,28H,14H2,(H,29,32)(H,30,31). The van der Waals surface area contributed by atoms with E-state index in [4.69, 9.17) is 4.42 Å². The zero-order valence-electron chi connectivity index (χ0n) is 17.1. The van der Waals surface area contributed by atoms with Crippen LogP contribution in [0.5, 0.6) is 0 Å². The van der Waals surface area contributed by atoms with Crippen molar-refractivity contribution in [2.75, 3.05) is 22.5 Å². The second-order valence-corrected chi connectivity index (χ2v) is 7.12. The molecule has 6 nitrogen and oxygen atoms in total. The second-order valence-electron chi connectivity index (χ2n) is 7.12. The van der Waals surface area contributed by atoms with Crippen molar-refractivity contribution in [2.24, 2.45) is 0 Å². The highest BCUT2D eigenvalue weighted by molar-refractivity contribution is 6.04. The van der Waals surface area contributed by atoms with Crippen molar-refractivity contribution in [1.29, 1.82) is 0 Å². The summed E-state index contributed by atoms with van der Waals surface area (Å²) in [5, 5.41) is 9.35. The summed E-state index contributed by atoms with van der Waals surface area (Å²) in [6.07, 6.45) is -3.42. The zero-order valence-corrected chi connectivity index (χ0v) is 17.1. The molecule has 9 heteroatoms. The number of carbonyl (C=O) groups excluding carboxylic acids is 2. The summed E-state index contributed by atoms with van der Waals surface area (Å²) in [4.78, 5) is 24.5. The Morgan fingerprint density at radius 1 is 0.848 bits per heavy atom. The van der Waals surface area contributed by atoms with Gasteiger partial charge in [0.1, 0.15) is 0 Å². The van der Waals surface area contributed by atoms with Gasteiger partial charge in [-0.2, -0.15) is 13.2 Å². The molecule has 0 saturated carbocycles. The van der Waals surface area contributed by atoms with Gasteiger partial charge in [0.05, 0.1) is 18.4 Å². The lowest BCUT2D eigenvalue weighted by atomic mass is 10.1. The van der Waals surface area contributed by atoms with E-state index >= 15 is 0 Å². The molecular formula is C24H18F3N3O3. The Kier molecular flexibility index (Phi) is 6.03. The summed E-state index contributed by atoms with van der Waals surface area (Å²) in [7, 11) is 0. The molecule has 0 spiro atoms. The van der Waals surface area contributed by atoms with Gasteiger partial charge in [-0.05, 0) is 41.8 Å². The van der Waals surface area contributed by atoms with Crippen molar-refractivity contribution in [3.05, 3.63) is 90.4 Å². The first-order valence-corrected chi connectivity index (χ1v) is 9.89. The van der Waals surface area contributed by atoms with Crippen LogP contribution in [0.1, 0.15) is 16.1 Å². The van der Waals surface area contributed by atoms with Crippen LogP contribution in [0.15, 0.2) is 83.5 Å². The number of furan rings is 1. The van der Waals surface area contributed by atoms with Crippen LogP contribution < -0.4 is 16.0 Å². The minimum absolute atomic E-state index is 0.0316. The Morgan fingerprint density at radius 3 is 2.39 bits per heavy atom. The average Bonchev–Trinajstić information content (AvgIpc) is 3.33. The maximum atomic E-state index is 13.6. The molecule has 0 atom stereocenters. The first kappa shape index (κ1) is 21.9. The fourth-order valence-corrected chi connectivity index (χ4v) is 3.32. The molecule has 1 heterocycles. The molecule has 2 amide bonds. The molecule has 0 aliphatic carbocycles. The molecule has 1 aromatic heterocycles. The van der Waals surface area contributed by atoms with Crippen LogP contribution in [0.4, 0.5) is 30.2 Å². The Bertz CT molecular complexity index is 1300. The van der Waals surface area contributed by atoms with E-state index in [1.807, 2.05) is 30.3 Å². The number of carbonyl (C=O) groups is 2. The van der Waals surface area contributed by atoms with Crippen LogP contribution in [-0.4, -0.2) is 18.4 Å². The van der Waals surface area contributed by atoms with Crippen molar-refractivity contribution in [2.45, 2.75) is 6.18 Å². The van der Waals surface area contributed by atoms with E-state index in [0.717, 1.165) is 22.9 Å². The second kappa shape index (κ2) is 9.07. The molecule has 0 bridgehead atoms. The van der Waals surface area contributed by atoms with E-state index in [-0.39, 0.29) is 23.7 Å². The molecule has 0 saturated heterocycles. The van der Waals surface area contributed by atoms with Gasteiger partial charge >= 0.3 is 6.18 Å². The van der Waals surface area contributed by atoms with Crippen LogP contribution in [0, 0.1) is 0 Å². The van der Waals surface area contributed by atoms with Crippen molar-refractivity contribution in [1.82, 2.24) is 0 Å². The Balaban J connectivity index is 1.47. The lowest BCUT2D eigenvalue weighted by Gasteiger charge is -2.16. The molecule has 0 aliphatic rings. The predicted octanol–water partition coefficient (Wildman–Crippen LogP) is 5.75. The number of hydrogen-bond donors (Lipinski definition) is 3. The molecule has 33 heavy (non-hydrogen) atoms. The lowest BCUT2D eigenvalue weighted by Crippen LogP contribution is -2.23. The molecule has 0 aliphatic heterocycles. The summed E-state index contributed by atoms with van der Waals surface area (Å²) in [5.74, 6) is -1.21. The summed E-state index contributed by atoms with van der Waals surface area (Å²) < 4.78 is 45.8. The van der Waals surface area contributed by atoms with E-state index in [0.29, 0.717) is 5.69 Å². The van der Waals surface area contributed by atoms with Crippen LogP contribution in [0.2, 0.25) is 0 Å². The number of nitrogens with one attached hydrogen (secondary N) is 3. The highest BCUT2D eigenvalue weighted by atomic mass is 19.4. The van der Waals surface area contributed by atoms with Gasteiger partial charge in [0.2, 0.25) is 5.91 Å². The molecule has 4 aromatic rings. The minimum atomic E-state index is -4.71. The van der Waals surface area contributed by atoms with E-state index in [9.17, 15) is 22.8 Å². The number of alkyl halides is 3. The third-order valence-corrected chi connectivity index (χ3v) is 4.83. The number of rotatable bonds is 6. The number of fused-ring (bicyclic) bond motifs is 1. The van der Waals surface area contributed by atoms with Crippen molar-refractivity contribution in [3.63, 3.8) is 0 Å². The van der Waals surface area contributed by atoms with Gasteiger partial charge in [-0.1, -0.05) is 36.4 Å². The van der Waals surface area contributed by atoms with Gasteiger partial charge in [0.15, 0.2) is 5.76 Å². The van der Waals surface area contributed by atoms with Gasteiger partial charge < -0.3 is 20.4 Å². The van der Waals surface area contributed by atoms with Crippen LogP contribution in [-0.2, 0) is 11.0 Å². The molecule has 3 aromatic carbocycles. The smallest absolute Gasteiger partial charge is 0.418 e. The fourth-order valence-electron chi connectivity index (χ4n) is 3.32. The Morgan fingerprint density at radius 2 is 1.64 bits per heavy atom.